The minimum Gasteiger partial charge on any atom is -0.321 e. The van der Waals surface area contributed by atoms with Gasteiger partial charge in [-0.3, -0.25) is 19.9 Å². The van der Waals surface area contributed by atoms with Crippen molar-refractivity contribution < 1.29 is 18.4 Å². The Balaban J connectivity index is 1.42. The van der Waals surface area contributed by atoms with E-state index in [-0.39, 0.29) is 17.6 Å². The third-order valence-corrected chi connectivity index (χ3v) is 5.93. The van der Waals surface area contributed by atoms with Gasteiger partial charge in [-0.25, -0.2) is 18.9 Å². The van der Waals surface area contributed by atoms with Crippen molar-refractivity contribution in [2.45, 2.75) is 26.3 Å². The highest BCUT2D eigenvalue weighted by Crippen LogP contribution is 2.28. The average molecular weight is 467 g/mol. The maximum atomic E-state index is 14.1. The third-order valence-electron chi connectivity index (χ3n) is 5.93. The molecule has 5 rings (SSSR count). The molecule has 2 fully saturated rings. The monoisotopic (exact) mass is 467 g/mol. The van der Waals surface area contributed by atoms with E-state index in [2.05, 4.69) is 26.5 Å². The van der Waals surface area contributed by atoms with Crippen LogP contribution in [0.5, 0.6) is 0 Å². The van der Waals surface area contributed by atoms with Gasteiger partial charge in [0, 0.05) is 12.6 Å². The maximum Gasteiger partial charge on any atom is 0.262 e. The number of aromatic nitrogens is 2. The number of hydrogen-bond acceptors (Lipinski definition) is 6. The number of hydrazine groups is 1. The first-order valence-corrected chi connectivity index (χ1v) is 10.8. The molecular weight excluding hydrogens is 444 g/mol. The lowest BCUT2D eigenvalue weighted by atomic mass is 10.0. The molecule has 2 aliphatic heterocycles. The molecule has 2 saturated heterocycles. The Morgan fingerprint density at radius 2 is 1.82 bits per heavy atom. The highest BCUT2D eigenvalue weighted by atomic mass is 19.1. The van der Waals surface area contributed by atoms with Gasteiger partial charge in [-0.1, -0.05) is 23.8 Å². The van der Waals surface area contributed by atoms with E-state index in [1.165, 1.54) is 10.7 Å². The van der Waals surface area contributed by atoms with Crippen molar-refractivity contribution in [1.82, 2.24) is 25.8 Å². The second-order valence-corrected chi connectivity index (χ2v) is 8.36. The van der Waals surface area contributed by atoms with E-state index in [0.717, 1.165) is 23.4 Å². The van der Waals surface area contributed by atoms with Crippen LogP contribution in [0.25, 0.3) is 0 Å². The van der Waals surface area contributed by atoms with Crippen molar-refractivity contribution in [2.24, 2.45) is 5.92 Å². The lowest BCUT2D eigenvalue weighted by molar-refractivity contribution is -0.129. The number of aryl methyl sites for hydroxylation is 2. The van der Waals surface area contributed by atoms with Crippen molar-refractivity contribution in [1.29, 1.82) is 0 Å². The number of hydrogen-bond donors (Lipinski definition) is 4. The summed E-state index contributed by atoms with van der Waals surface area (Å²) in [6, 6.07) is 12.6. The summed E-state index contributed by atoms with van der Waals surface area (Å²) in [4.78, 5) is 25.5. The second-order valence-electron chi connectivity index (χ2n) is 8.36. The Morgan fingerprint density at radius 3 is 2.53 bits per heavy atom. The van der Waals surface area contributed by atoms with Gasteiger partial charge in [0.05, 0.1) is 17.3 Å². The van der Waals surface area contributed by atoms with Crippen molar-refractivity contribution >= 4 is 23.3 Å². The quantitative estimate of drug-likeness (QED) is 0.469. The largest absolute Gasteiger partial charge is 0.321 e. The number of carbonyl (C=O) groups is 2. The van der Waals surface area contributed by atoms with Crippen LogP contribution in [-0.4, -0.2) is 34.3 Å². The number of rotatable bonds is 4. The number of nitrogens with zero attached hydrogens (tertiary/aromatic N) is 3. The van der Waals surface area contributed by atoms with E-state index in [4.69, 9.17) is 0 Å². The smallest absolute Gasteiger partial charge is 0.262 e. The molecule has 3 atom stereocenters. The first-order chi connectivity index (χ1) is 16.3. The van der Waals surface area contributed by atoms with Crippen molar-refractivity contribution in [2.75, 3.05) is 16.9 Å². The highest BCUT2D eigenvalue weighted by molar-refractivity contribution is 6.04. The lowest BCUT2D eigenvalue weighted by Crippen LogP contribution is -2.61. The molecule has 3 heterocycles. The predicted molar refractivity (Wildman–Crippen MR) is 121 cm³/mol. The summed E-state index contributed by atoms with van der Waals surface area (Å²) in [6.45, 7) is 4.15. The number of fused-ring (bicyclic) bond motifs is 1. The zero-order chi connectivity index (χ0) is 24.0. The van der Waals surface area contributed by atoms with Crippen LogP contribution in [0.3, 0.4) is 0 Å². The fourth-order valence-electron chi connectivity index (χ4n) is 4.25. The fraction of sp³-hybridized carbons (Fsp3) is 0.261. The van der Waals surface area contributed by atoms with Crippen LogP contribution in [-0.2, 0) is 4.79 Å². The Morgan fingerprint density at radius 1 is 1.12 bits per heavy atom. The zero-order valence-electron chi connectivity index (χ0n) is 18.5. The Labute approximate surface area is 194 Å². The van der Waals surface area contributed by atoms with Gasteiger partial charge in [-0.2, -0.15) is 5.10 Å². The van der Waals surface area contributed by atoms with Gasteiger partial charge in [0.15, 0.2) is 6.29 Å². The van der Waals surface area contributed by atoms with Crippen LogP contribution in [0.1, 0.15) is 27.9 Å². The molecule has 34 heavy (non-hydrogen) atoms. The standard InChI is InChI=1S/C23H23F2N7O2/c1-12-6-8-14(9-7-12)31-20-15(11-26-31)21(33)29-23(28-20)32-18(10-13(2)30-32)27-22(34)19-16(24)4-3-5-17(19)25/h3-10,15,20,23,26,28H,11H2,1-2H3,(H,27,34)(H,29,33). The van der Waals surface area contributed by atoms with Crippen LogP contribution in [0.4, 0.5) is 20.3 Å². The number of halogens is 2. The van der Waals surface area contributed by atoms with Gasteiger partial charge in [0.2, 0.25) is 5.91 Å². The molecule has 2 aromatic carbocycles. The fourth-order valence-corrected chi connectivity index (χ4v) is 4.25. The molecule has 0 radical (unpaired) electrons. The minimum atomic E-state index is -0.974. The van der Waals surface area contributed by atoms with E-state index >= 15 is 0 Å². The topological polar surface area (TPSA) is 103 Å². The van der Waals surface area contributed by atoms with Crippen LogP contribution in [0.15, 0.2) is 48.5 Å². The summed E-state index contributed by atoms with van der Waals surface area (Å²) in [5.41, 5.74) is 5.10. The Bertz CT molecular complexity index is 1240. The molecule has 0 saturated carbocycles. The Kier molecular flexibility index (Phi) is 5.50. The molecule has 1 aromatic heterocycles. The van der Waals surface area contributed by atoms with Gasteiger partial charge in [0.25, 0.3) is 5.91 Å². The van der Waals surface area contributed by atoms with Crippen molar-refractivity contribution in [3.05, 3.63) is 77.0 Å². The number of nitrogens with one attached hydrogen (secondary N) is 4. The van der Waals surface area contributed by atoms with Crippen LogP contribution >= 0.6 is 0 Å². The molecule has 9 nitrogen and oxygen atoms in total. The zero-order valence-corrected chi connectivity index (χ0v) is 18.5. The average Bonchev–Trinajstić information content (AvgIpc) is 3.38. The SMILES string of the molecule is Cc1ccc(N2NCC3C(=O)NC(n4nc(C)cc4NC(=O)c4c(F)cccc4F)NC32)cc1. The molecular formula is C23H23F2N7O2. The summed E-state index contributed by atoms with van der Waals surface area (Å²) in [7, 11) is 0. The van der Waals surface area contributed by atoms with Crippen LogP contribution < -0.4 is 26.4 Å². The highest BCUT2D eigenvalue weighted by Gasteiger charge is 2.45. The van der Waals surface area contributed by atoms with Gasteiger partial charge < -0.3 is 10.6 Å². The second kappa shape index (κ2) is 8.50. The normalized spacial score (nSPS) is 21.8. The number of amides is 2. The molecule has 3 aromatic rings. The molecule has 2 amide bonds. The van der Waals surface area contributed by atoms with E-state index in [1.807, 2.05) is 36.2 Å². The first-order valence-electron chi connectivity index (χ1n) is 10.8. The number of benzene rings is 2. The molecule has 0 spiro atoms. The third kappa shape index (κ3) is 3.88. The summed E-state index contributed by atoms with van der Waals surface area (Å²) in [6.07, 6.45) is -1.20. The van der Waals surface area contributed by atoms with Crippen molar-refractivity contribution in [3.63, 3.8) is 0 Å². The summed E-state index contributed by atoms with van der Waals surface area (Å²) >= 11 is 0. The molecule has 0 aliphatic carbocycles. The lowest BCUT2D eigenvalue weighted by Gasteiger charge is -2.37. The molecule has 176 valence electrons. The first kappa shape index (κ1) is 22.0. The van der Waals surface area contributed by atoms with Crippen LogP contribution in [0, 0.1) is 31.4 Å². The summed E-state index contributed by atoms with van der Waals surface area (Å²) in [5, 5.41) is 15.0. The van der Waals surface area contributed by atoms with Gasteiger partial charge in [-0.05, 0) is 38.1 Å². The molecule has 2 aliphatic rings. The van der Waals surface area contributed by atoms with Crippen LogP contribution in [0.2, 0.25) is 0 Å². The van der Waals surface area contributed by atoms with E-state index in [9.17, 15) is 18.4 Å². The summed E-state index contributed by atoms with van der Waals surface area (Å²) in [5.74, 6) is -3.29. The predicted octanol–water partition coefficient (Wildman–Crippen LogP) is 2.17. The molecule has 3 unspecified atom stereocenters. The van der Waals surface area contributed by atoms with E-state index in [0.29, 0.717) is 12.2 Å². The van der Waals surface area contributed by atoms with Gasteiger partial charge in [-0.15, -0.1) is 0 Å². The number of anilines is 2. The maximum absolute atomic E-state index is 14.1. The summed E-state index contributed by atoms with van der Waals surface area (Å²) < 4.78 is 29.6. The van der Waals surface area contributed by atoms with Crippen molar-refractivity contribution in [3.8, 4) is 0 Å². The molecule has 0 bridgehead atoms. The van der Waals surface area contributed by atoms with E-state index in [1.54, 1.807) is 13.0 Å². The molecule has 4 N–H and O–H groups in total. The van der Waals surface area contributed by atoms with Gasteiger partial charge in [0.1, 0.15) is 29.2 Å². The number of carbonyl (C=O) groups excluding carboxylic acids is 2. The minimum absolute atomic E-state index is 0.175. The van der Waals surface area contributed by atoms with Gasteiger partial charge >= 0.3 is 0 Å². The van der Waals surface area contributed by atoms with E-state index < -0.39 is 35.6 Å². The molecule has 11 heteroatoms. The Hall–Kier alpha value is -3.83.